The Balaban J connectivity index is 1.47. The second-order valence-corrected chi connectivity index (χ2v) is 9.52. The second-order valence-electron chi connectivity index (χ2n) is 7.58. The second kappa shape index (κ2) is 7.29. The summed E-state index contributed by atoms with van der Waals surface area (Å²) < 4.78 is 27.4. The number of amidine groups is 1. The molecule has 0 atom stereocenters. The zero-order valence-electron chi connectivity index (χ0n) is 15.2. The van der Waals surface area contributed by atoms with Crippen LogP contribution in [0.4, 0.5) is 0 Å². The lowest BCUT2D eigenvalue weighted by Crippen LogP contribution is -2.65. The topological polar surface area (TPSA) is 73.8 Å². The van der Waals surface area contributed by atoms with E-state index in [-0.39, 0.29) is 5.54 Å². The Labute approximate surface area is 156 Å². The summed E-state index contributed by atoms with van der Waals surface area (Å²) in [5.74, 6) is 1.06. The number of benzene rings is 1. The number of sulfonamides is 1. The highest BCUT2D eigenvalue weighted by molar-refractivity contribution is 7.89. The number of hydrogen-bond acceptors (Lipinski definition) is 5. The average Bonchev–Trinajstić information content (AvgIpc) is 3.18. The van der Waals surface area contributed by atoms with E-state index in [0.717, 1.165) is 31.8 Å². The van der Waals surface area contributed by atoms with Gasteiger partial charge in [-0.1, -0.05) is 31.0 Å². The zero-order chi connectivity index (χ0) is 18.0. The molecule has 1 aromatic rings. The maximum atomic E-state index is 12.9. The minimum atomic E-state index is -3.41. The molecule has 4 rings (SSSR count). The maximum Gasteiger partial charge on any atom is 0.243 e. The first-order valence-electron chi connectivity index (χ1n) is 9.72. The van der Waals surface area contributed by atoms with Crippen LogP contribution in [-0.4, -0.2) is 56.3 Å². The van der Waals surface area contributed by atoms with Crippen molar-refractivity contribution in [1.29, 1.82) is 0 Å². The predicted molar refractivity (Wildman–Crippen MR) is 103 cm³/mol. The standard InChI is InChI=1S/C19H28N4O2S/c24-26(25,17-8-2-1-3-9-17)23-14-10-19(11-15-23)18(20-12-13-21-19)22-16-6-4-5-7-16/h1-3,8-9,16,21H,4-7,10-15H2,(H,20,22). The van der Waals surface area contributed by atoms with Gasteiger partial charge >= 0.3 is 0 Å². The Kier molecular flexibility index (Phi) is 5.03. The summed E-state index contributed by atoms with van der Waals surface area (Å²) in [6, 6.07) is 9.26. The molecule has 1 spiro atoms. The Hall–Kier alpha value is -1.44. The van der Waals surface area contributed by atoms with E-state index in [1.54, 1.807) is 28.6 Å². The summed E-state index contributed by atoms with van der Waals surface area (Å²) in [5.41, 5.74) is -0.191. The molecule has 0 unspecified atom stereocenters. The van der Waals surface area contributed by atoms with Gasteiger partial charge < -0.3 is 10.6 Å². The molecular formula is C19H28N4O2S. The largest absolute Gasteiger partial charge is 0.370 e. The first-order valence-corrected chi connectivity index (χ1v) is 11.2. The quantitative estimate of drug-likeness (QED) is 0.843. The number of hydrogen-bond donors (Lipinski definition) is 2. The molecule has 7 heteroatoms. The van der Waals surface area contributed by atoms with E-state index in [1.165, 1.54) is 25.7 Å². The molecule has 0 aromatic heterocycles. The van der Waals surface area contributed by atoms with Crippen molar-refractivity contribution < 1.29 is 8.42 Å². The Morgan fingerprint density at radius 1 is 1.12 bits per heavy atom. The molecule has 0 bridgehead atoms. The van der Waals surface area contributed by atoms with Crippen molar-refractivity contribution in [2.75, 3.05) is 26.2 Å². The SMILES string of the molecule is O=S(=O)(c1ccccc1)N1CCC2(CC1)NCCN=C2NC1CCCC1. The summed E-state index contributed by atoms with van der Waals surface area (Å²) in [5, 5.41) is 7.34. The maximum absolute atomic E-state index is 12.9. The molecule has 2 fully saturated rings. The molecule has 26 heavy (non-hydrogen) atoms. The van der Waals surface area contributed by atoms with Gasteiger partial charge in [-0.15, -0.1) is 0 Å². The highest BCUT2D eigenvalue weighted by Gasteiger charge is 2.43. The van der Waals surface area contributed by atoms with Gasteiger partial charge in [-0.3, -0.25) is 4.99 Å². The van der Waals surface area contributed by atoms with Crippen molar-refractivity contribution in [3.05, 3.63) is 30.3 Å². The van der Waals surface area contributed by atoms with Crippen molar-refractivity contribution in [2.24, 2.45) is 4.99 Å². The van der Waals surface area contributed by atoms with Crippen molar-refractivity contribution in [3.8, 4) is 0 Å². The van der Waals surface area contributed by atoms with E-state index in [2.05, 4.69) is 10.6 Å². The Morgan fingerprint density at radius 3 is 2.50 bits per heavy atom. The molecular weight excluding hydrogens is 348 g/mol. The number of piperidine rings is 1. The summed E-state index contributed by atoms with van der Waals surface area (Å²) in [6.07, 6.45) is 6.52. The molecule has 0 radical (unpaired) electrons. The van der Waals surface area contributed by atoms with Crippen molar-refractivity contribution in [1.82, 2.24) is 14.9 Å². The van der Waals surface area contributed by atoms with Crippen LogP contribution in [-0.2, 0) is 10.0 Å². The number of aliphatic imine (C=N–C) groups is 1. The summed E-state index contributed by atoms with van der Waals surface area (Å²) in [4.78, 5) is 5.17. The van der Waals surface area contributed by atoms with Crippen LogP contribution in [0.5, 0.6) is 0 Å². The van der Waals surface area contributed by atoms with E-state index in [1.807, 2.05) is 6.07 Å². The van der Waals surface area contributed by atoms with Gasteiger partial charge in [0.05, 0.1) is 17.0 Å². The molecule has 1 saturated carbocycles. The van der Waals surface area contributed by atoms with E-state index < -0.39 is 10.0 Å². The first kappa shape index (κ1) is 17.9. The lowest BCUT2D eigenvalue weighted by molar-refractivity contribution is 0.240. The van der Waals surface area contributed by atoms with Crippen molar-refractivity contribution >= 4 is 15.9 Å². The predicted octanol–water partition coefficient (Wildman–Crippen LogP) is 1.74. The average molecular weight is 377 g/mol. The van der Waals surface area contributed by atoms with Gasteiger partial charge in [0, 0.05) is 25.7 Å². The van der Waals surface area contributed by atoms with Crippen LogP contribution >= 0.6 is 0 Å². The Morgan fingerprint density at radius 2 is 1.81 bits per heavy atom. The molecule has 6 nitrogen and oxygen atoms in total. The molecule has 2 aliphatic heterocycles. The highest BCUT2D eigenvalue weighted by Crippen LogP contribution is 2.30. The van der Waals surface area contributed by atoms with Gasteiger partial charge in [0.15, 0.2) is 0 Å². The van der Waals surface area contributed by atoms with Gasteiger partial charge in [-0.05, 0) is 37.8 Å². The van der Waals surface area contributed by atoms with Crippen LogP contribution in [0.2, 0.25) is 0 Å². The minimum absolute atomic E-state index is 0.191. The van der Waals surface area contributed by atoms with E-state index in [0.29, 0.717) is 24.0 Å². The van der Waals surface area contributed by atoms with Gasteiger partial charge in [-0.2, -0.15) is 4.31 Å². The van der Waals surface area contributed by atoms with Gasteiger partial charge in [0.25, 0.3) is 0 Å². The lowest BCUT2D eigenvalue weighted by atomic mass is 9.85. The number of nitrogens with zero attached hydrogens (tertiary/aromatic N) is 2. The smallest absolute Gasteiger partial charge is 0.243 e. The van der Waals surface area contributed by atoms with Gasteiger partial charge in [0.2, 0.25) is 10.0 Å². The fraction of sp³-hybridized carbons (Fsp3) is 0.632. The zero-order valence-corrected chi connectivity index (χ0v) is 16.0. The third kappa shape index (κ3) is 3.40. The van der Waals surface area contributed by atoms with Gasteiger partial charge in [-0.25, -0.2) is 8.42 Å². The van der Waals surface area contributed by atoms with Crippen LogP contribution in [0.1, 0.15) is 38.5 Å². The van der Waals surface area contributed by atoms with Crippen LogP contribution in [0, 0.1) is 0 Å². The fourth-order valence-corrected chi connectivity index (χ4v) is 5.87. The molecule has 1 aromatic carbocycles. The minimum Gasteiger partial charge on any atom is -0.370 e. The third-order valence-corrected chi connectivity index (χ3v) is 7.86. The lowest BCUT2D eigenvalue weighted by Gasteiger charge is -2.45. The van der Waals surface area contributed by atoms with Crippen LogP contribution in [0.3, 0.4) is 0 Å². The number of rotatable bonds is 3. The van der Waals surface area contributed by atoms with Crippen LogP contribution in [0.25, 0.3) is 0 Å². The summed E-state index contributed by atoms with van der Waals surface area (Å²) in [6.45, 7) is 2.70. The van der Waals surface area contributed by atoms with Gasteiger partial charge in [0.1, 0.15) is 5.84 Å². The Bertz CT molecular complexity index is 749. The van der Waals surface area contributed by atoms with E-state index in [4.69, 9.17) is 4.99 Å². The first-order chi connectivity index (χ1) is 12.6. The molecule has 3 aliphatic rings. The van der Waals surface area contributed by atoms with Crippen molar-refractivity contribution in [2.45, 2.75) is 55.0 Å². The molecule has 1 saturated heterocycles. The molecule has 1 aliphatic carbocycles. The fourth-order valence-electron chi connectivity index (χ4n) is 4.41. The summed E-state index contributed by atoms with van der Waals surface area (Å²) in [7, 11) is -3.41. The molecule has 2 N–H and O–H groups in total. The third-order valence-electron chi connectivity index (χ3n) is 5.95. The summed E-state index contributed by atoms with van der Waals surface area (Å²) >= 11 is 0. The number of nitrogens with one attached hydrogen (secondary N) is 2. The highest BCUT2D eigenvalue weighted by atomic mass is 32.2. The van der Waals surface area contributed by atoms with E-state index >= 15 is 0 Å². The molecule has 142 valence electrons. The van der Waals surface area contributed by atoms with Crippen LogP contribution < -0.4 is 10.6 Å². The van der Waals surface area contributed by atoms with Crippen LogP contribution in [0.15, 0.2) is 40.2 Å². The molecule has 0 amide bonds. The van der Waals surface area contributed by atoms with Crippen molar-refractivity contribution in [3.63, 3.8) is 0 Å². The monoisotopic (exact) mass is 376 g/mol. The molecule has 2 heterocycles. The normalized spacial score (nSPS) is 24.5. The van der Waals surface area contributed by atoms with E-state index in [9.17, 15) is 8.42 Å².